The molecule has 0 aliphatic carbocycles. The van der Waals surface area contributed by atoms with Gasteiger partial charge in [0.15, 0.2) is 0 Å². The second-order valence-corrected chi connectivity index (χ2v) is 5.68. The number of hydrogen-bond acceptors (Lipinski definition) is 4. The van der Waals surface area contributed by atoms with Crippen LogP contribution in [0.5, 0.6) is 0 Å². The van der Waals surface area contributed by atoms with Gasteiger partial charge in [0.05, 0.1) is 6.20 Å². The van der Waals surface area contributed by atoms with Gasteiger partial charge in [0.2, 0.25) is 5.91 Å². The molecule has 2 aromatic rings. The number of halogens is 1. The molecular weight excluding hydrogens is 307 g/mol. The van der Waals surface area contributed by atoms with Crippen LogP contribution < -0.4 is 5.73 Å². The van der Waals surface area contributed by atoms with Crippen LogP contribution in [-0.4, -0.2) is 10.9 Å². The van der Waals surface area contributed by atoms with E-state index in [1.165, 1.54) is 12.1 Å². The molecule has 1 aliphatic heterocycles. The molecule has 2 heterocycles. The molecule has 1 atom stereocenters. The SMILES string of the molecule is NC(=O)CCCC1(c2ccc(F)cc2)N=NC=C1c1ccncc1. The summed E-state index contributed by atoms with van der Waals surface area (Å²) in [4.78, 5) is 15.1. The van der Waals surface area contributed by atoms with Crippen LogP contribution in [0.3, 0.4) is 0 Å². The van der Waals surface area contributed by atoms with E-state index >= 15 is 0 Å². The van der Waals surface area contributed by atoms with Crippen molar-refractivity contribution in [2.75, 3.05) is 0 Å². The topological polar surface area (TPSA) is 80.7 Å². The zero-order chi connectivity index (χ0) is 17.0. The summed E-state index contributed by atoms with van der Waals surface area (Å²) >= 11 is 0. The molecule has 1 aromatic heterocycles. The molecule has 24 heavy (non-hydrogen) atoms. The Morgan fingerprint density at radius 3 is 2.50 bits per heavy atom. The average Bonchev–Trinajstić information content (AvgIpc) is 3.01. The molecule has 122 valence electrons. The maximum absolute atomic E-state index is 13.3. The Morgan fingerprint density at radius 1 is 1.12 bits per heavy atom. The van der Waals surface area contributed by atoms with Crippen molar-refractivity contribution in [2.24, 2.45) is 16.0 Å². The summed E-state index contributed by atoms with van der Waals surface area (Å²) in [6.07, 6.45) is 6.50. The van der Waals surface area contributed by atoms with Crippen molar-refractivity contribution in [1.29, 1.82) is 0 Å². The molecule has 0 saturated carbocycles. The van der Waals surface area contributed by atoms with Crippen LogP contribution in [0.15, 0.2) is 65.2 Å². The number of carbonyl (C=O) groups excluding carboxylic acids is 1. The van der Waals surface area contributed by atoms with Gasteiger partial charge < -0.3 is 5.73 Å². The number of primary amides is 1. The lowest BCUT2D eigenvalue weighted by Gasteiger charge is -2.29. The third-order valence-corrected chi connectivity index (χ3v) is 4.14. The van der Waals surface area contributed by atoms with Gasteiger partial charge in [-0.3, -0.25) is 9.78 Å². The number of carbonyl (C=O) groups is 1. The van der Waals surface area contributed by atoms with Gasteiger partial charge in [0.25, 0.3) is 0 Å². The number of rotatable bonds is 6. The molecule has 1 amide bonds. The van der Waals surface area contributed by atoms with E-state index in [-0.39, 0.29) is 18.1 Å². The molecule has 1 unspecified atom stereocenters. The summed E-state index contributed by atoms with van der Waals surface area (Å²) in [5.74, 6) is -0.663. The third kappa shape index (κ3) is 3.08. The van der Waals surface area contributed by atoms with E-state index in [2.05, 4.69) is 15.2 Å². The van der Waals surface area contributed by atoms with Gasteiger partial charge in [-0.1, -0.05) is 12.1 Å². The lowest BCUT2D eigenvalue weighted by molar-refractivity contribution is -0.118. The first-order chi connectivity index (χ1) is 11.6. The Hall–Kier alpha value is -2.89. The Morgan fingerprint density at radius 2 is 1.83 bits per heavy atom. The maximum atomic E-state index is 13.3. The summed E-state index contributed by atoms with van der Waals surface area (Å²) in [5.41, 5.74) is 7.19. The first-order valence-electron chi connectivity index (χ1n) is 7.69. The van der Waals surface area contributed by atoms with Crippen molar-refractivity contribution < 1.29 is 9.18 Å². The molecule has 0 spiro atoms. The fourth-order valence-corrected chi connectivity index (χ4v) is 2.98. The van der Waals surface area contributed by atoms with E-state index in [1.54, 1.807) is 30.7 Å². The molecule has 3 rings (SSSR count). The van der Waals surface area contributed by atoms with Crippen LogP contribution in [0.2, 0.25) is 0 Å². The minimum Gasteiger partial charge on any atom is -0.370 e. The van der Waals surface area contributed by atoms with Gasteiger partial charge >= 0.3 is 0 Å². The average molecular weight is 324 g/mol. The predicted octanol–water partition coefficient (Wildman–Crippen LogP) is 3.58. The van der Waals surface area contributed by atoms with E-state index in [0.717, 1.165) is 16.7 Å². The Bertz CT molecular complexity index is 786. The number of azo groups is 1. The molecule has 6 heteroatoms. The van der Waals surface area contributed by atoms with E-state index < -0.39 is 5.54 Å². The Labute approximate surface area is 139 Å². The number of aromatic nitrogens is 1. The van der Waals surface area contributed by atoms with Crippen LogP contribution in [0.25, 0.3) is 5.57 Å². The molecule has 5 nitrogen and oxygen atoms in total. The largest absolute Gasteiger partial charge is 0.370 e. The van der Waals surface area contributed by atoms with E-state index in [1.807, 2.05) is 12.1 Å². The van der Waals surface area contributed by atoms with Crippen LogP contribution in [0.1, 0.15) is 30.4 Å². The normalized spacial score (nSPS) is 19.3. The number of benzene rings is 1. The molecule has 1 aliphatic rings. The van der Waals surface area contributed by atoms with Crippen molar-refractivity contribution in [3.05, 3.63) is 71.9 Å². The second kappa shape index (κ2) is 6.70. The molecular formula is C18H17FN4O. The van der Waals surface area contributed by atoms with Crippen molar-refractivity contribution in [3.63, 3.8) is 0 Å². The predicted molar refractivity (Wildman–Crippen MR) is 88.2 cm³/mol. The van der Waals surface area contributed by atoms with Gasteiger partial charge in [0.1, 0.15) is 11.4 Å². The van der Waals surface area contributed by atoms with Crippen LogP contribution in [-0.2, 0) is 10.3 Å². The van der Waals surface area contributed by atoms with Crippen molar-refractivity contribution >= 4 is 11.5 Å². The van der Waals surface area contributed by atoms with Gasteiger partial charge in [-0.15, -0.1) is 0 Å². The standard InChI is InChI=1S/C18H17FN4O/c19-15-5-3-14(4-6-15)18(9-1-2-17(20)24)16(12-22-23-18)13-7-10-21-11-8-13/h3-8,10-12H,1-2,9H2,(H2,20,24). The zero-order valence-electron chi connectivity index (χ0n) is 13.0. The van der Waals surface area contributed by atoms with Crippen LogP contribution in [0.4, 0.5) is 4.39 Å². The van der Waals surface area contributed by atoms with E-state index in [4.69, 9.17) is 5.73 Å². The summed E-state index contributed by atoms with van der Waals surface area (Å²) in [7, 11) is 0. The number of nitrogens with two attached hydrogens (primary N) is 1. The second-order valence-electron chi connectivity index (χ2n) is 5.68. The fraction of sp³-hybridized carbons (Fsp3) is 0.222. The lowest BCUT2D eigenvalue weighted by atomic mass is 9.77. The van der Waals surface area contributed by atoms with Crippen molar-refractivity contribution in [3.8, 4) is 0 Å². The minimum atomic E-state index is -0.746. The Balaban J connectivity index is 2.01. The van der Waals surface area contributed by atoms with E-state index in [0.29, 0.717) is 12.8 Å². The maximum Gasteiger partial charge on any atom is 0.217 e. The number of amides is 1. The summed E-state index contributed by atoms with van der Waals surface area (Å²) in [6.45, 7) is 0. The highest BCUT2D eigenvalue weighted by Crippen LogP contribution is 2.47. The molecule has 0 bridgehead atoms. The number of hydrogen-bond donors (Lipinski definition) is 1. The molecule has 2 N–H and O–H groups in total. The first-order valence-corrected chi connectivity index (χ1v) is 7.69. The monoisotopic (exact) mass is 324 g/mol. The van der Waals surface area contributed by atoms with Crippen LogP contribution in [0, 0.1) is 5.82 Å². The number of nitrogens with zero attached hydrogens (tertiary/aromatic N) is 3. The van der Waals surface area contributed by atoms with Crippen molar-refractivity contribution in [2.45, 2.75) is 24.8 Å². The third-order valence-electron chi connectivity index (χ3n) is 4.14. The molecule has 1 aromatic carbocycles. The lowest BCUT2D eigenvalue weighted by Crippen LogP contribution is -2.24. The van der Waals surface area contributed by atoms with Gasteiger partial charge in [-0.2, -0.15) is 10.2 Å². The molecule has 0 saturated heterocycles. The summed E-state index contributed by atoms with van der Waals surface area (Å²) in [5, 5.41) is 8.58. The zero-order valence-corrected chi connectivity index (χ0v) is 13.0. The highest BCUT2D eigenvalue weighted by Gasteiger charge is 2.39. The van der Waals surface area contributed by atoms with Crippen molar-refractivity contribution in [1.82, 2.24) is 4.98 Å². The van der Waals surface area contributed by atoms with Crippen LogP contribution >= 0.6 is 0 Å². The Kier molecular flexibility index (Phi) is 4.46. The summed E-state index contributed by atoms with van der Waals surface area (Å²) in [6, 6.07) is 9.99. The smallest absolute Gasteiger partial charge is 0.217 e. The van der Waals surface area contributed by atoms with Gasteiger partial charge in [-0.05, 0) is 48.2 Å². The van der Waals surface area contributed by atoms with Gasteiger partial charge in [0, 0.05) is 24.4 Å². The molecule has 0 fully saturated rings. The fourth-order valence-electron chi connectivity index (χ4n) is 2.98. The highest BCUT2D eigenvalue weighted by atomic mass is 19.1. The molecule has 0 radical (unpaired) electrons. The van der Waals surface area contributed by atoms with E-state index in [9.17, 15) is 9.18 Å². The summed E-state index contributed by atoms with van der Waals surface area (Å²) < 4.78 is 13.3. The van der Waals surface area contributed by atoms with Gasteiger partial charge in [-0.25, -0.2) is 4.39 Å². The quantitative estimate of drug-likeness (QED) is 0.881. The highest BCUT2D eigenvalue weighted by molar-refractivity contribution is 5.76. The number of pyridine rings is 1. The minimum absolute atomic E-state index is 0.266. The first kappa shape index (κ1) is 16.0.